The maximum absolute atomic E-state index is 5.51. The van der Waals surface area contributed by atoms with Crippen molar-refractivity contribution in [2.75, 3.05) is 27.4 Å². The molecule has 6 nitrogen and oxygen atoms in total. The summed E-state index contributed by atoms with van der Waals surface area (Å²) in [6.45, 7) is 1.14. The molecule has 1 aromatic carbocycles. The molecule has 0 amide bonds. The molecule has 0 aliphatic carbocycles. The molecule has 3 aromatic rings. The molecule has 0 N–H and O–H groups in total. The molecule has 0 aliphatic rings. The van der Waals surface area contributed by atoms with Crippen LogP contribution < -0.4 is 9.54 Å². The van der Waals surface area contributed by atoms with Gasteiger partial charge in [-0.25, -0.2) is 4.68 Å². The maximum Gasteiger partial charge on any atom is 0.206 e. The van der Waals surface area contributed by atoms with Gasteiger partial charge in [0.1, 0.15) is 11.4 Å². The van der Waals surface area contributed by atoms with Gasteiger partial charge in [-0.05, 0) is 42.0 Å². The van der Waals surface area contributed by atoms with Gasteiger partial charge in [-0.1, -0.05) is 0 Å². The van der Waals surface area contributed by atoms with E-state index in [9.17, 15) is 0 Å². The van der Waals surface area contributed by atoms with Crippen LogP contribution >= 0.6 is 11.3 Å². The Morgan fingerprint density at radius 2 is 2.04 bits per heavy atom. The Morgan fingerprint density at radius 3 is 2.72 bits per heavy atom. The first-order valence-electron chi connectivity index (χ1n) is 7.74. The lowest BCUT2D eigenvalue weighted by molar-refractivity contribution is 0.207. The molecular formula is C18H19N3O3S. The van der Waals surface area contributed by atoms with Gasteiger partial charge in [0.2, 0.25) is 4.80 Å². The molecule has 0 saturated carbocycles. The molecule has 0 bridgehead atoms. The zero-order chi connectivity index (χ0) is 17.5. The van der Waals surface area contributed by atoms with Crippen molar-refractivity contribution < 1.29 is 13.9 Å². The third-order valence-electron chi connectivity index (χ3n) is 3.44. The minimum atomic E-state index is 0.566. The van der Waals surface area contributed by atoms with E-state index in [0.717, 1.165) is 27.6 Å². The molecule has 3 rings (SSSR count). The van der Waals surface area contributed by atoms with Crippen LogP contribution in [0.4, 0.5) is 0 Å². The number of ether oxygens (including phenoxy) is 2. The second-order valence-electron chi connectivity index (χ2n) is 5.08. The molecule has 2 aromatic heterocycles. The smallest absolute Gasteiger partial charge is 0.206 e. The van der Waals surface area contributed by atoms with Gasteiger partial charge in [0.15, 0.2) is 5.76 Å². The Kier molecular flexibility index (Phi) is 5.81. The second kappa shape index (κ2) is 8.46. The van der Waals surface area contributed by atoms with Gasteiger partial charge < -0.3 is 13.9 Å². The van der Waals surface area contributed by atoms with E-state index in [1.54, 1.807) is 31.4 Å². The summed E-state index contributed by atoms with van der Waals surface area (Å²) >= 11 is 1.51. The zero-order valence-electron chi connectivity index (χ0n) is 14.1. The van der Waals surface area contributed by atoms with Crippen LogP contribution in [0, 0.1) is 0 Å². The third-order valence-corrected chi connectivity index (χ3v) is 4.29. The Morgan fingerprint density at radius 1 is 1.20 bits per heavy atom. The van der Waals surface area contributed by atoms with Crippen LogP contribution in [0.2, 0.25) is 0 Å². The van der Waals surface area contributed by atoms with Crippen molar-refractivity contribution in [2.24, 2.45) is 10.1 Å². The van der Waals surface area contributed by atoms with Crippen LogP contribution in [0.1, 0.15) is 5.56 Å². The zero-order valence-corrected chi connectivity index (χ0v) is 14.9. The van der Waals surface area contributed by atoms with Crippen molar-refractivity contribution in [3.05, 3.63) is 58.4 Å². The number of methoxy groups -OCH3 is 2. The van der Waals surface area contributed by atoms with Gasteiger partial charge in [-0.2, -0.15) is 5.10 Å². The van der Waals surface area contributed by atoms with E-state index in [0.29, 0.717) is 13.2 Å². The van der Waals surface area contributed by atoms with Crippen molar-refractivity contribution in [2.45, 2.75) is 0 Å². The molecule has 7 heteroatoms. The lowest BCUT2D eigenvalue weighted by atomic mass is 10.2. The fourth-order valence-electron chi connectivity index (χ4n) is 2.16. The average Bonchev–Trinajstić information content (AvgIpc) is 3.30. The summed E-state index contributed by atoms with van der Waals surface area (Å²) in [5.41, 5.74) is 1.82. The molecule has 2 heterocycles. The maximum atomic E-state index is 5.51. The molecule has 0 spiro atoms. The summed E-state index contributed by atoms with van der Waals surface area (Å²) in [5, 5.41) is 6.58. The molecule has 0 unspecified atom stereocenters. The lowest BCUT2D eigenvalue weighted by Gasteiger charge is -2.01. The number of hydrogen-bond donors (Lipinski definition) is 0. The van der Waals surface area contributed by atoms with Crippen LogP contribution in [0.25, 0.3) is 11.5 Å². The van der Waals surface area contributed by atoms with Gasteiger partial charge >= 0.3 is 0 Å². The van der Waals surface area contributed by atoms with Crippen LogP contribution in [-0.4, -0.2) is 38.3 Å². The van der Waals surface area contributed by atoms with Crippen LogP contribution in [-0.2, 0) is 4.74 Å². The Bertz CT molecular complexity index is 877. The Labute approximate surface area is 149 Å². The SMILES string of the molecule is COCCN=c1scc(-c2ccco2)n1/N=C\c1ccc(OC)cc1. The van der Waals surface area contributed by atoms with E-state index in [4.69, 9.17) is 13.9 Å². The highest BCUT2D eigenvalue weighted by molar-refractivity contribution is 7.07. The normalized spacial score (nSPS) is 12.2. The fourth-order valence-corrected chi connectivity index (χ4v) is 3.01. The van der Waals surface area contributed by atoms with E-state index in [1.165, 1.54) is 11.3 Å². The number of rotatable bonds is 7. The highest BCUT2D eigenvalue weighted by atomic mass is 32.1. The summed E-state index contributed by atoms with van der Waals surface area (Å²) in [6.07, 6.45) is 3.43. The molecule has 0 fully saturated rings. The molecule has 0 atom stereocenters. The number of thiazole rings is 1. The van der Waals surface area contributed by atoms with Crippen LogP contribution in [0.3, 0.4) is 0 Å². The van der Waals surface area contributed by atoms with E-state index in [1.807, 2.05) is 41.8 Å². The number of furan rings is 1. The van der Waals surface area contributed by atoms with Crippen molar-refractivity contribution >= 4 is 17.6 Å². The lowest BCUT2D eigenvalue weighted by Crippen LogP contribution is -2.13. The Balaban J connectivity index is 1.95. The third kappa shape index (κ3) is 4.26. The predicted octanol–water partition coefficient (Wildman–Crippen LogP) is 3.25. The van der Waals surface area contributed by atoms with Crippen LogP contribution in [0.5, 0.6) is 5.75 Å². The minimum Gasteiger partial charge on any atom is -0.497 e. The predicted molar refractivity (Wildman–Crippen MR) is 98.3 cm³/mol. The summed E-state index contributed by atoms with van der Waals surface area (Å²) in [7, 11) is 3.31. The number of hydrogen-bond acceptors (Lipinski definition) is 6. The molecule has 0 radical (unpaired) electrons. The van der Waals surface area contributed by atoms with Crippen molar-refractivity contribution in [1.29, 1.82) is 0 Å². The molecular weight excluding hydrogens is 338 g/mol. The van der Waals surface area contributed by atoms with Crippen molar-refractivity contribution in [3.63, 3.8) is 0 Å². The van der Waals surface area contributed by atoms with Gasteiger partial charge in [-0.15, -0.1) is 11.3 Å². The highest BCUT2D eigenvalue weighted by Gasteiger charge is 2.09. The quantitative estimate of drug-likeness (QED) is 0.482. The summed E-state index contributed by atoms with van der Waals surface area (Å²) in [6, 6.07) is 11.5. The van der Waals surface area contributed by atoms with Gasteiger partial charge in [-0.3, -0.25) is 4.99 Å². The summed E-state index contributed by atoms with van der Waals surface area (Å²) in [5.74, 6) is 1.56. The second-order valence-corrected chi connectivity index (χ2v) is 5.92. The van der Waals surface area contributed by atoms with E-state index < -0.39 is 0 Å². The highest BCUT2D eigenvalue weighted by Crippen LogP contribution is 2.20. The largest absolute Gasteiger partial charge is 0.497 e. The van der Waals surface area contributed by atoms with E-state index in [-0.39, 0.29) is 0 Å². The fraction of sp³-hybridized carbons (Fsp3) is 0.222. The first kappa shape index (κ1) is 17.2. The minimum absolute atomic E-state index is 0.566. The standard InChI is InChI=1S/C18H19N3O3S/c1-22-11-9-19-18-21(16(13-25-18)17-4-3-10-24-17)20-12-14-5-7-15(23-2)8-6-14/h3-8,10,12-13H,9,11H2,1-2H3/b19-18?,20-12-. The topological polar surface area (TPSA) is 61.2 Å². The monoisotopic (exact) mass is 357 g/mol. The molecule has 0 aliphatic heterocycles. The van der Waals surface area contributed by atoms with E-state index in [2.05, 4.69) is 10.1 Å². The number of nitrogens with zero attached hydrogens (tertiary/aromatic N) is 3. The Hall–Kier alpha value is -2.64. The average molecular weight is 357 g/mol. The molecule has 25 heavy (non-hydrogen) atoms. The summed E-state index contributed by atoms with van der Waals surface area (Å²) in [4.78, 5) is 5.33. The molecule has 0 saturated heterocycles. The summed E-state index contributed by atoms with van der Waals surface area (Å²) < 4.78 is 17.5. The number of benzene rings is 1. The van der Waals surface area contributed by atoms with Gasteiger partial charge in [0.25, 0.3) is 0 Å². The van der Waals surface area contributed by atoms with Crippen molar-refractivity contribution in [3.8, 4) is 17.2 Å². The number of aromatic nitrogens is 1. The first-order chi connectivity index (χ1) is 12.3. The first-order valence-corrected chi connectivity index (χ1v) is 8.62. The van der Waals surface area contributed by atoms with E-state index >= 15 is 0 Å². The van der Waals surface area contributed by atoms with Crippen LogP contribution in [0.15, 0.2) is 62.6 Å². The molecule has 130 valence electrons. The van der Waals surface area contributed by atoms with Gasteiger partial charge in [0.05, 0.1) is 32.7 Å². The van der Waals surface area contributed by atoms with Crippen molar-refractivity contribution in [1.82, 2.24) is 4.68 Å². The van der Waals surface area contributed by atoms with Gasteiger partial charge in [0, 0.05) is 12.5 Å².